The summed E-state index contributed by atoms with van der Waals surface area (Å²) in [5.41, 5.74) is -0.0720. The van der Waals surface area contributed by atoms with Crippen LogP contribution in [-0.4, -0.2) is 41.0 Å². The number of nitrogens with zero attached hydrogens (tertiary/aromatic N) is 3. The Balaban J connectivity index is 2.08. The lowest BCUT2D eigenvalue weighted by Gasteiger charge is -2.24. The number of ether oxygens (including phenoxy) is 1. The standard InChI is InChI=1S/C22H23ClFN3O4S/c1-22(2,3)31-21(28)26(4)13-15-10-20(18-8-7-16(23)11-19(18)24)27(14-15)32(29,30)17-6-5-9-25-12-17/h5-12,14H,13H2,1-4H3. The summed E-state index contributed by atoms with van der Waals surface area (Å²) >= 11 is 5.86. The lowest BCUT2D eigenvalue weighted by atomic mass is 10.1. The monoisotopic (exact) mass is 479 g/mol. The van der Waals surface area contributed by atoms with Crippen molar-refractivity contribution >= 4 is 27.7 Å². The van der Waals surface area contributed by atoms with Crippen molar-refractivity contribution in [1.82, 2.24) is 13.9 Å². The normalized spacial score (nSPS) is 11.9. The van der Waals surface area contributed by atoms with E-state index < -0.39 is 27.5 Å². The molecule has 0 saturated carbocycles. The van der Waals surface area contributed by atoms with Gasteiger partial charge in [-0.1, -0.05) is 11.6 Å². The van der Waals surface area contributed by atoms with E-state index in [1.54, 1.807) is 20.8 Å². The number of carbonyl (C=O) groups is 1. The Labute approximate surface area is 191 Å². The van der Waals surface area contributed by atoms with Crippen LogP contribution in [0.2, 0.25) is 5.02 Å². The summed E-state index contributed by atoms with van der Waals surface area (Å²) in [6, 6.07) is 8.40. The summed E-state index contributed by atoms with van der Waals surface area (Å²) in [6.07, 6.45) is 3.45. The van der Waals surface area contributed by atoms with Gasteiger partial charge in [0.15, 0.2) is 0 Å². The molecular weight excluding hydrogens is 457 g/mol. The molecule has 7 nitrogen and oxygen atoms in total. The fourth-order valence-electron chi connectivity index (χ4n) is 2.97. The van der Waals surface area contributed by atoms with E-state index in [2.05, 4.69) is 4.98 Å². The van der Waals surface area contributed by atoms with Gasteiger partial charge in [-0.25, -0.2) is 21.6 Å². The molecule has 0 aliphatic carbocycles. The van der Waals surface area contributed by atoms with E-state index in [9.17, 15) is 17.6 Å². The number of halogens is 2. The first-order valence-electron chi connectivity index (χ1n) is 9.65. The maximum absolute atomic E-state index is 14.7. The molecule has 3 rings (SSSR count). The van der Waals surface area contributed by atoms with Gasteiger partial charge in [0.2, 0.25) is 0 Å². The fourth-order valence-corrected chi connectivity index (χ4v) is 4.48. The molecule has 0 fully saturated rings. The van der Waals surface area contributed by atoms with Crippen LogP contribution in [0.1, 0.15) is 26.3 Å². The van der Waals surface area contributed by atoms with Crippen LogP contribution in [0.5, 0.6) is 0 Å². The molecular formula is C22H23ClFN3O4S. The minimum absolute atomic E-state index is 0.0483. The van der Waals surface area contributed by atoms with Crippen molar-refractivity contribution in [3.63, 3.8) is 0 Å². The third-order valence-electron chi connectivity index (χ3n) is 4.37. The summed E-state index contributed by atoms with van der Waals surface area (Å²) in [7, 11) is -2.56. The molecule has 170 valence electrons. The Hall–Kier alpha value is -2.91. The number of rotatable bonds is 5. The number of pyridine rings is 1. The van der Waals surface area contributed by atoms with Crippen molar-refractivity contribution in [2.45, 2.75) is 37.8 Å². The van der Waals surface area contributed by atoms with Crippen LogP contribution in [0, 0.1) is 5.82 Å². The largest absolute Gasteiger partial charge is 0.444 e. The van der Waals surface area contributed by atoms with E-state index in [0.29, 0.717) is 5.56 Å². The molecule has 0 spiro atoms. The van der Waals surface area contributed by atoms with Crippen molar-refractivity contribution in [2.75, 3.05) is 7.05 Å². The van der Waals surface area contributed by atoms with Crippen molar-refractivity contribution in [2.24, 2.45) is 0 Å². The zero-order valence-electron chi connectivity index (χ0n) is 18.0. The van der Waals surface area contributed by atoms with Crippen LogP contribution in [0.15, 0.2) is 59.9 Å². The summed E-state index contributed by atoms with van der Waals surface area (Å²) < 4.78 is 47.6. The predicted molar refractivity (Wildman–Crippen MR) is 119 cm³/mol. The van der Waals surface area contributed by atoms with Crippen LogP contribution in [0.25, 0.3) is 11.3 Å². The summed E-state index contributed by atoms with van der Waals surface area (Å²) in [5.74, 6) is -0.676. The first-order valence-corrected chi connectivity index (χ1v) is 11.5. The highest BCUT2D eigenvalue weighted by molar-refractivity contribution is 7.90. The summed E-state index contributed by atoms with van der Waals surface area (Å²) in [6.45, 7) is 5.29. The number of benzene rings is 1. The van der Waals surface area contributed by atoms with Crippen LogP contribution in [-0.2, 0) is 21.3 Å². The molecule has 3 aromatic rings. The maximum atomic E-state index is 14.7. The van der Waals surface area contributed by atoms with Crippen LogP contribution in [0.4, 0.5) is 9.18 Å². The Morgan fingerprint density at radius 2 is 1.97 bits per heavy atom. The highest BCUT2D eigenvalue weighted by Gasteiger charge is 2.25. The maximum Gasteiger partial charge on any atom is 0.410 e. The van der Waals surface area contributed by atoms with E-state index in [4.69, 9.17) is 16.3 Å². The topological polar surface area (TPSA) is 81.5 Å². The van der Waals surface area contributed by atoms with Gasteiger partial charge in [0.1, 0.15) is 16.3 Å². The van der Waals surface area contributed by atoms with Gasteiger partial charge >= 0.3 is 6.09 Å². The smallest absolute Gasteiger partial charge is 0.410 e. The Morgan fingerprint density at radius 3 is 2.56 bits per heavy atom. The van der Waals surface area contributed by atoms with Crippen LogP contribution in [0.3, 0.4) is 0 Å². The zero-order chi connectivity index (χ0) is 23.7. The van der Waals surface area contributed by atoms with Crippen LogP contribution >= 0.6 is 11.6 Å². The first-order chi connectivity index (χ1) is 14.9. The van der Waals surface area contributed by atoms with Crippen molar-refractivity contribution in [1.29, 1.82) is 0 Å². The van der Waals surface area contributed by atoms with Crippen molar-refractivity contribution < 1.29 is 22.3 Å². The highest BCUT2D eigenvalue weighted by Crippen LogP contribution is 2.31. The molecule has 0 unspecified atom stereocenters. The molecule has 2 heterocycles. The molecule has 0 saturated heterocycles. The molecule has 0 bridgehead atoms. The fraction of sp³-hybridized carbons (Fsp3) is 0.273. The molecule has 10 heteroatoms. The van der Waals surface area contributed by atoms with Gasteiger partial charge in [-0.3, -0.25) is 4.98 Å². The minimum Gasteiger partial charge on any atom is -0.444 e. The second kappa shape index (κ2) is 8.91. The third-order valence-corrected chi connectivity index (χ3v) is 6.26. The second-order valence-corrected chi connectivity index (χ2v) is 10.4. The van der Waals surface area contributed by atoms with Gasteiger partial charge in [0.25, 0.3) is 10.0 Å². The van der Waals surface area contributed by atoms with Gasteiger partial charge in [0, 0.05) is 36.2 Å². The summed E-state index contributed by atoms with van der Waals surface area (Å²) in [4.78, 5) is 17.4. The van der Waals surface area contributed by atoms with Crippen molar-refractivity contribution in [3.05, 3.63) is 71.4 Å². The minimum atomic E-state index is -4.09. The average Bonchev–Trinajstić information content (AvgIpc) is 3.11. The zero-order valence-corrected chi connectivity index (χ0v) is 19.6. The third kappa shape index (κ3) is 5.28. The Morgan fingerprint density at radius 1 is 1.25 bits per heavy atom. The van der Waals surface area contributed by atoms with Gasteiger partial charge in [-0.2, -0.15) is 0 Å². The van der Waals surface area contributed by atoms with E-state index in [1.165, 1.54) is 60.9 Å². The quantitative estimate of drug-likeness (QED) is 0.517. The van der Waals surface area contributed by atoms with Gasteiger partial charge < -0.3 is 9.64 Å². The Bertz CT molecular complexity index is 1240. The first kappa shape index (κ1) is 23.7. The number of amides is 1. The van der Waals surface area contributed by atoms with E-state index in [-0.39, 0.29) is 27.7 Å². The highest BCUT2D eigenvalue weighted by atomic mass is 35.5. The van der Waals surface area contributed by atoms with E-state index in [1.807, 2.05) is 0 Å². The molecule has 1 aromatic carbocycles. The number of aromatic nitrogens is 2. The molecule has 0 radical (unpaired) electrons. The molecule has 2 aromatic heterocycles. The van der Waals surface area contributed by atoms with Crippen molar-refractivity contribution in [3.8, 4) is 11.3 Å². The summed E-state index contributed by atoms with van der Waals surface area (Å²) in [5, 5.41) is 0.185. The second-order valence-electron chi connectivity index (χ2n) is 8.18. The van der Waals surface area contributed by atoms with E-state index in [0.717, 1.165) is 10.0 Å². The Kier molecular flexibility index (Phi) is 6.61. The molecule has 0 atom stereocenters. The van der Waals surface area contributed by atoms with Gasteiger partial charge in [-0.05, 0) is 62.7 Å². The SMILES string of the molecule is CN(Cc1cc(-c2ccc(Cl)cc2F)n(S(=O)(=O)c2cccnc2)c1)C(=O)OC(C)(C)C. The van der Waals surface area contributed by atoms with Gasteiger partial charge in [0.05, 0.1) is 12.2 Å². The number of carbonyl (C=O) groups excluding carboxylic acids is 1. The average molecular weight is 480 g/mol. The lowest BCUT2D eigenvalue weighted by molar-refractivity contribution is 0.0285. The van der Waals surface area contributed by atoms with Crippen LogP contribution < -0.4 is 0 Å². The number of hydrogen-bond acceptors (Lipinski definition) is 5. The van der Waals surface area contributed by atoms with E-state index >= 15 is 0 Å². The molecule has 1 amide bonds. The van der Waals surface area contributed by atoms with Gasteiger partial charge in [-0.15, -0.1) is 0 Å². The predicted octanol–water partition coefficient (Wildman–Crippen LogP) is 4.95. The molecule has 0 aliphatic rings. The molecule has 0 N–H and O–H groups in total. The number of hydrogen-bond donors (Lipinski definition) is 0. The lowest BCUT2D eigenvalue weighted by Crippen LogP contribution is -2.33. The molecule has 0 aliphatic heterocycles. The molecule has 32 heavy (non-hydrogen) atoms.